The van der Waals surface area contributed by atoms with Crippen molar-refractivity contribution in [2.24, 2.45) is 0 Å². The molecule has 0 bridgehead atoms. The fraction of sp³-hybridized carbons (Fsp3) is 0.154. The van der Waals surface area contributed by atoms with Crippen LogP contribution in [0.2, 0.25) is 5.02 Å². The van der Waals surface area contributed by atoms with E-state index < -0.39 is 0 Å². The second-order valence-corrected chi connectivity index (χ2v) is 4.08. The molecule has 0 aliphatic carbocycles. The van der Waals surface area contributed by atoms with Crippen molar-refractivity contribution in [3.8, 4) is 0 Å². The van der Waals surface area contributed by atoms with Crippen LogP contribution in [0.15, 0.2) is 42.6 Å². The van der Waals surface area contributed by atoms with Crippen molar-refractivity contribution in [2.75, 3.05) is 0 Å². The van der Waals surface area contributed by atoms with Crippen molar-refractivity contribution < 1.29 is 4.39 Å². The van der Waals surface area contributed by atoms with Gasteiger partial charge in [0, 0.05) is 17.1 Å². The zero-order valence-corrected chi connectivity index (χ0v) is 9.58. The number of benzene rings is 1. The summed E-state index contributed by atoms with van der Waals surface area (Å²) in [5.41, 5.74) is 1.46. The molecule has 0 spiro atoms. The van der Waals surface area contributed by atoms with E-state index >= 15 is 0 Å². The highest BCUT2D eigenvalue weighted by atomic mass is 35.5. The molecule has 1 nitrogen and oxygen atoms in total. The van der Waals surface area contributed by atoms with Gasteiger partial charge in [0.05, 0.1) is 5.69 Å². The zero-order valence-electron chi connectivity index (χ0n) is 8.82. The molecule has 0 aliphatic rings. The monoisotopic (exact) mass is 235 g/mol. The summed E-state index contributed by atoms with van der Waals surface area (Å²) in [7, 11) is 0. The molecule has 2 rings (SSSR count). The molecule has 0 amide bonds. The molecule has 0 fully saturated rings. The largest absolute Gasteiger partial charge is 0.258 e. The van der Waals surface area contributed by atoms with E-state index in [4.69, 9.17) is 11.6 Å². The Morgan fingerprint density at radius 2 is 1.88 bits per heavy atom. The van der Waals surface area contributed by atoms with Crippen molar-refractivity contribution in [3.63, 3.8) is 0 Å². The van der Waals surface area contributed by atoms with Gasteiger partial charge in [-0.3, -0.25) is 4.98 Å². The van der Waals surface area contributed by atoms with Crippen LogP contribution in [0.3, 0.4) is 0 Å². The number of nitrogens with zero attached hydrogens (tertiary/aromatic N) is 1. The predicted molar refractivity (Wildman–Crippen MR) is 63.2 cm³/mol. The van der Waals surface area contributed by atoms with Crippen LogP contribution in [0.5, 0.6) is 0 Å². The summed E-state index contributed by atoms with van der Waals surface area (Å²) >= 11 is 5.80. The number of halogens is 2. The van der Waals surface area contributed by atoms with E-state index in [9.17, 15) is 4.39 Å². The molecule has 1 aromatic carbocycles. The van der Waals surface area contributed by atoms with Crippen LogP contribution in [-0.2, 0) is 0 Å². The van der Waals surface area contributed by atoms with E-state index in [2.05, 4.69) is 4.98 Å². The molecule has 0 radical (unpaired) electrons. The quantitative estimate of drug-likeness (QED) is 0.766. The Balaban J connectivity index is 2.35. The number of aromatic nitrogens is 1. The van der Waals surface area contributed by atoms with Crippen molar-refractivity contribution in [3.05, 3.63) is 64.7 Å². The molecule has 0 saturated carbocycles. The maximum atomic E-state index is 13.5. The van der Waals surface area contributed by atoms with E-state index in [-0.39, 0.29) is 11.7 Å². The molecule has 2 aromatic rings. The second-order valence-electron chi connectivity index (χ2n) is 3.64. The molecule has 16 heavy (non-hydrogen) atoms. The summed E-state index contributed by atoms with van der Waals surface area (Å²) in [6, 6.07) is 10.4. The van der Waals surface area contributed by atoms with Gasteiger partial charge in [-0.2, -0.15) is 0 Å². The van der Waals surface area contributed by atoms with Crippen molar-refractivity contribution in [1.82, 2.24) is 4.98 Å². The van der Waals surface area contributed by atoms with Crippen molar-refractivity contribution >= 4 is 11.6 Å². The lowest BCUT2D eigenvalue weighted by Crippen LogP contribution is -2.01. The number of pyridine rings is 1. The fourth-order valence-corrected chi connectivity index (χ4v) is 1.75. The Morgan fingerprint density at radius 3 is 2.50 bits per heavy atom. The molecule has 1 heterocycles. The normalized spacial score (nSPS) is 12.4. The zero-order chi connectivity index (χ0) is 11.5. The maximum Gasteiger partial charge on any atom is 0.145 e. The SMILES string of the molecule is CC(c1ccc(Cl)cc1)c1ncccc1F. The lowest BCUT2D eigenvalue weighted by molar-refractivity contribution is 0.590. The minimum atomic E-state index is -0.273. The first-order valence-corrected chi connectivity index (χ1v) is 5.42. The summed E-state index contributed by atoms with van der Waals surface area (Å²) in [6.07, 6.45) is 1.60. The highest BCUT2D eigenvalue weighted by Crippen LogP contribution is 2.25. The second kappa shape index (κ2) is 4.62. The van der Waals surface area contributed by atoms with Gasteiger partial charge in [0.25, 0.3) is 0 Å². The summed E-state index contributed by atoms with van der Waals surface area (Å²) in [5.74, 6) is -0.344. The predicted octanol–water partition coefficient (Wildman–Crippen LogP) is 4.03. The Hall–Kier alpha value is -1.41. The maximum absolute atomic E-state index is 13.5. The van der Waals surface area contributed by atoms with Crippen LogP contribution < -0.4 is 0 Å². The molecule has 1 atom stereocenters. The van der Waals surface area contributed by atoms with E-state index in [1.165, 1.54) is 6.07 Å². The Kier molecular flexibility index (Phi) is 3.20. The van der Waals surface area contributed by atoms with Gasteiger partial charge in [0.2, 0.25) is 0 Å². The van der Waals surface area contributed by atoms with Gasteiger partial charge < -0.3 is 0 Å². The van der Waals surface area contributed by atoms with E-state index in [1.54, 1.807) is 24.4 Å². The van der Waals surface area contributed by atoms with Crippen LogP contribution >= 0.6 is 11.6 Å². The number of hydrogen-bond donors (Lipinski definition) is 0. The molecule has 0 saturated heterocycles. The first kappa shape index (κ1) is 11.1. The average molecular weight is 236 g/mol. The first-order chi connectivity index (χ1) is 7.68. The first-order valence-electron chi connectivity index (χ1n) is 5.04. The smallest absolute Gasteiger partial charge is 0.145 e. The van der Waals surface area contributed by atoms with Crippen LogP contribution in [0, 0.1) is 5.82 Å². The van der Waals surface area contributed by atoms with Crippen LogP contribution in [0.25, 0.3) is 0 Å². The Labute approximate surface area is 98.9 Å². The number of rotatable bonds is 2. The van der Waals surface area contributed by atoms with Crippen molar-refractivity contribution in [1.29, 1.82) is 0 Å². The molecular formula is C13H11ClFN. The molecule has 1 unspecified atom stereocenters. The van der Waals surface area contributed by atoms with Gasteiger partial charge >= 0.3 is 0 Å². The summed E-state index contributed by atoms with van der Waals surface area (Å²) in [5, 5.41) is 0.678. The average Bonchev–Trinajstić information content (AvgIpc) is 2.30. The molecule has 82 valence electrons. The molecule has 3 heteroatoms. The van der Waals surface area contributed by atoms with Gasteiger partial charge in [-0.05, 0) is 29.8 Å². The van der Waals surface area contributed by atoms with Crippen molar-refractivity contribution in [2.45, 2.75) is 12.8 Å². The van der Waals surface area contributed by atoms with Crippen LogP contribution in [-0.4, -0.2) is 4.98 Å². The van der Waals surface area contributed by atoms with Gasteiger partial charge in [0.1, 0.15) is 5.82 Å². The van der Waals surface area contributed by atoms with Crippen LogP contribution in [0.1, 0.15) is 24.1 Å². The topological polar surface area (TPSA) is 12.9 Å². The van der Waals surface area contributed by atoms with Gasteiger partial charge in [-0.1, -0.05) is 30.7 Å². The standard InChI is InChI=1S/C13H11ClFN/c1-9(10-4-6-11(14)7-5-10)13-12(15)3-2-8-16-13/h2-9H,1H3. The van der Waals surface area contributed by atoms with E-state index in [0.717, 1.165) is 5.56 Å². The molecule has 0 N–H and O–H groups in total. The Bertz CT molecular complexity index is 482. The third-order valence-electron chi connectivity index (χ3n) is 2.57. The minimum absolute atomic E-state index is 0.0709. The molecule has 1 aromatic heterocycles. The van der Waals surface area contributed by atoms with Gasteiger partial charge in [-0.15, -0.1) is 0 Å². The molecular weight excluding hydrogens is 225 g/mol. The highest BCUT2D eigenvalue weighted by molar-refractivity contribution is 6.30. The number of hydrogen-bond acceptors (Lipinski definition) is 1. The summed E-state index contributed by atoms with van der Waals surface area (Å²) in [4.78, 5) is 4.07. The minimum Gasteiger partial charge on any atom is -0.258 e. The van der Waals surface area contributed by atoms with Gasteiger partial charge in [-0.25, -0.2) is 4.39 Å². The lowest BCUT2D eigenvalue weighted by Gasteiger charge is -2.11. The van der Waals surface area contributed by atoms with Crippen LogP contribution in [0.4, 0.5) is 4.39 Å². The van der Waals surface area contributed by atoms with E-state index in [1.807, 2.05) is 19.1 Å². The summed E-state index contributed by atoms with van der Waals surface area (Å²) in [6.45, 7) is 1.93. The molecule has 0 aliphatic heterocycles. The summed E-state index contributed by atoms with van der Waals surface area (Å²) < 4.78 is 13.5. The lowest BCUT2D eigenvalue weighted by atomic mass is 9.97. The third kappa shape index (κ3) is 2.22. The van der Waals surface area contributed by atoms with E-state index in [0.29, 0.717) is 10.7 Å². The fourth-order valence-electron chi connectivity index (χ4n) is 1.63. The third-order valence-corrected chi connectivity index (χ3v) is 2.82. The Morgan fingerprint density at radius 1 is 1.19 bits per heavy atom. The van der Waals surface area contributed by atoms with Gasteiger partial charge in [0.15, 0.2) is 0 Å². The highest BCUT2D eigenvalue weighted by Gasteiger charge is 2.13.